The smallest absolute Gasteiger partial charge is 0.235 e. The highest BCUT2D eigenvalue weighted by atomic mass is 16.5. The number of carbonyl (C=O) groups is 5. The first-order valence-corrected chi connectivity index (χ1v) is 13.1. The minimum absolute atomic E-state index is 0.0202. The van der Waals surface area contributed by atoms with Crippen molar-refractivity contribution in [1.82, 2.24) is 9.80 Å². The van der Waals surface area contributed by atoms with Crippen LogP contribution < -0.4 is 10.5 Å². The van der Waals surface area contributed by atoms with Crippen LogP contribution >= 0.6 is 0 Å². The van der Waals surface area contributed by atoms with Crippen molar-refractivity contribution in [3.63, 3.8) is 0 Å². The maximum Gasteiger partial charge on any atom is 0.235 e. The Morgan fingerprint density at radius 1 is 1.10 bits per heavy atom. The highest BCUT2D eigenvalue weighted by Crippen LogP contribution is 2.53. The second-order valence-electron chi connectivity index (χ2n) is 11.6. The highest BCUT2D eigenvalue weighted by Gasteiger charge is 2.69. The van der Waals surface area contributed by atoms with Crippen LogP contribution in [0, 0.1) is 23.7 Å². The first-order valence-electron chi connectivity index (χ1n) is 13.1. The summed E-state index contributed by atoms with van der Waals surface area (Å²) in [4.78, 5) is 70.2. The minimum atomic E-state index is -2.76. The number of aliphatic hydroxyl groups is 1. The van der Waals surface area contributed by atoms with E-state index in [1.807, 2.05) is 31.1 Å². The molecule has 0 saturated heterocycles. The largest absolute Gasteiger partial charge is 0.507 e. The Morgan fingerprint density at radius 2 is 1.77 bits per heavy atom. The Balaban J connectivity index is 1.69. The summed E-state index contributed by atoms with van der Waals surface area (Å²) in [6, 6.07) is 4.33. The van der Waals surface area contributed by atoms with E-state index in [0.29, 0.717) is 28.6 Å². The van der Waals surface area contributed by atoms with E-state index >= 15 is 0 Å². The van der Waals surface area contributed by atoms with Gasteiger partial charge in [0, 0.05) is 28.8 Å². The summed E-state index contributed by atoms with van der Waals surface area (Å²) in [5, 5.41) is 24.1. The number of phenols is 1. The molecule has 0 heterocycles. The number of ketones is 4. The third-order valence-corrected chi connectivity index (χ3v) is 8.75. The Kier molecular flexibility index (Phi) is 6.60. The van der Waals surface area contributed by atoms with E-state index in [0.717, 1.165) is 5.56 Å². The number of benzene rings is 2. The zero-order chi connectivity index (χ0) is 29.4. The van der Waals surface area contributed by atoms with Gasteiger partial charge < -0.3 is 25.6 Å². The standard InChI is InChI=1S/C29H33N3O8/c1-31(2)11-12-6-7-14-15(8-12)22(33)19-16(25(14)40-5)9-13-10-17-21(32(3)4)24(35)20(28(30)38)27(37)29(17,39)26(36)18(13)23(19)34/h6-8,13,17-18,20-21,33,39H,9-11H2,1-5H3,(H2,30,38)/t13-,17-,18?,20?,21-,29-/m0/s1. The molecule has 1 amide bonds. The first kappa shape index (κ1) is 27.9. The van der Waals surface area contributed by atoms with E-state index in [1.165, 1.54) is 12.0 Å². The molecule has 0 aromatic heterocycles. The number of aromatic hydroxyl groups is 1. The number of primary amides is 1. The number of phenolic OH excluding ortho intramolecular Hbond substituents is 1. The monoisotopic (exact) mass is 551 g/mol. The van der Waals surface area contributed by atoms with Gasteiger partial charge in [-0.05, 0) is 58.6 Å². The van der Waals surface area contributed by atoms with Crippen LogP contribution in [0.25, 0.3) is 10.8 Å². The lowest BCUT2D eigenvalue weighted by molar-refractivity contribution is -0.181. The number of hydrogen-bond acceptors (Lipinski definition) is 10. The molecular formula is C29H33N3O8. The predicted molar refractivity (Wildman–Crippen MR) is 143 cm³/mol. The number of methoxy groups -OCH3 is 1. The van der Waals surface area contributed by atoms with E-state index < -0.39 is 64.4 Å². The summed E-state index contributed by atoms with van der Waals surface area (Å²) in [5.41, 5.74) is 3.84. The van der Waals surface area contributed by atoms with Crippen molar-refractivity contribution in [3.05, 3.63) is 34.9 Å². The number of ether oxygens (including phenoxy) is 1. The fraction of sp³-hybridized carbons (Fsp3) is 0.483. The van der Waals surface area contributed by atoms with Crippen LogP contribution in [0.5, 0.6) is 11.5 Å². The number of Topliss-reactive ketones (excluding diaryl/α,β-unsaturated/α-hetero) is 4. The quantitative estimate of drug-likeness (QED) is 0.433. The summed E-state index contributed by atoms with van der Waals surface area (Å²) in [6.07, 6.45) is 0.117. The molecule has 0 radical (unpaired) electrons. The van der Waals surface area contributed by atoms with Crippen LogP contribution in [0.1, 0.15) is 27.9 Å². The van der Waals surface area contributed by atoms with Crippen molar-refractivity contribution < 1.29 is 38.9 Å². The van der Waals surface area contributed by atoms with Crippen LogP contribution in [0.2, 0.25) is 0 Å². The van der Waals surface area contributed by atoms with Gasteiger partial charge in [-0.25, -0.2) is 0 Å². The molecule has 2 saturated carbocycles. The second kappa shape index (κ2) is 9.46. The fourth-order valence-electron chi connectivity index (χ4n) is 7.18. The lowest BCUT2D eigenvalue weighted by Gasteiger charge is -2.52. The van der Waals surface area contributed by atoms with Crippen molar-refractivity contribution in [2.75, 3.05) is 35.3 Å². The van der Waals surface area contributed by atoms with Crippen LogP contribution in [-0.4, -0.2) is 96.0 Å². The van der Waals surface area contributed by atoms with Gasteiger partial charge in [-0.1, -0.05) is 12.1 Å². The normalized spacial score (nSPS) is 29.9. The van der Waals surface area contributed by atoms with E-state index in [1.54, 1.807) is 20.2 Å². The topological polar surface area (TPSA) is 168 Å². The zero-order valence-corrected chi connectivity index (χ0v) is 23.1. The minimum Gasteiger partial charge on any atom is -0.507 e. The van der Waals surface area contributed by atoms with Gasteiger partial charge in [0.1, 0.15) is 11.5 Å². The molecule has 2 fully saturated rings. The number of fused-ring (bicyclic) bond motifs is 4. The van der Waals surface area contributed by atoms with Crippen molar-refractivity contribution in [1.29, 1.82) is 0 Å². The number of nitrogens with two attached hydrogens (primary N) is 1. The van der Waals surface area contributed by atoms with Crippen molar-refractivity contribution in [2.45, 2.75) is 31.0 Å². The van der Waals surface area contributed by atoms with Crippen LogP contribution in [0.3, 0.4) is 0 Å². The molecule has 0 bridgehead atoms. The Labute approximate surface area is 230 Å². The highest BCUT2D eigenvalue weighted by molar-refractivity contribution is 6.32. The molecule has 4 N–H and O–H groups in total. The van der Waals surface area contributed by atoms with Gasteiger partial charge in [0.25, 0.3) is 0 Å². The zero-order valence-electron chi connectivity index (χ0n) is 23.1. The number of nitrogens with zero attached hydrogens (tertiary/aromatic N) is 2. The SMILES string of the molecule is COc1c2c(c(O)c3cc(CN(C)C)ccc13)C(=O)C1C(=O)[C@]3(O)C(=O)C(C(N)=O)C(=O)[C@@H](N(C)C)[C@@H]3C[C@@H]1C2. The number of amides is 1. The van der Waals surface area contributed by atoms with Crippen LogP contribution in [0.15, 0.2) is 18.2 Å². The molecule has 0 aliphatic heterocycles. The average Bonchev–Trinajstić information content (AvgIpc) is 2.86. The van der Waals surface area contributed by atoms with E-state index in [9.17, 15) is 34.2 Å². The average molecular weight is 552 g/mol. The van der Waals surface area contributed by atoms with Gasteiger partial charge in [0.15, 0.2) is 34.7 Å². The summed E-state index contributed by atoms with van der Waals surface area (Å²) in [7, 11) is 8.36. The Morgan fingerprint density at radius 3 is 2.35 bits per heavy atom. The summed E-state index contributed by atoms with van der Waals surface area (Å²) in [6.45, 7) is 0.579. The third-order valence-electron chi connectivity index (χ3n) is 8.75. The van der Waals surface area contributed by atoms with Gasteiger partial charge in [0.2, 0.25) is 5.91 Å². The van der Waals surface area contributed by atoms with E-state index in [2.05, 4.69) is 0 Å². The Bertz CT molecular complexity index is 1500. The lowest BCUT2D eigenvalue weighted by Crippen LogP contribution is -2.74. The molecule has 6 atom stereocenters. The summed E-state index contributed by atoms with van der Waals surface area (Å²) >= 11 is 0. The summed E-state index contributed by atoms with van der Waals surface area (Å²) in [5.74, 6) is -10.4. The third kappa shape index (κ3) is 3.71. The number of carbonyl (C=O) groups excluding carboxylic acids is 5. The number of hydrogen-bond donors (Lipinski definition) is 3. The lowest BCUT2D eigenvalue weighted by atomic mass is 9.52. The second-order valence-corrected chi connectivity index (χ2v) is 11.6. The molecule has 40 heavy (non-hydrogen) atoms. The maximum absolute atomic E-state index is 14.0. The van der Waals surface area contributed by atoms with Gasteiger partial charge in [-0.2, -0.15) is 0 Å². The van der Waals surface area contributed by atoms with Crippen molar-refractivity contribution >= 4 is 39.8 Å². The molecule has 0 spiro atoms. The number of rotatable bonds is 5. The molecule has 3 aliphatic rings. The van der Waals surface area contributed by atoms with Crippen molar-refractivity contribution in [3.8, 4) is 11.5 Å². The maximum atomic E-state index is 14.0. The molecular weight excluding hydrogens is 518 g/mol. The summed E-state index contributed by atoms with van der Waals surface area (Å²) < 4.78 is 5.74. The number of likely N-dealkylation sites (N-methyl/N-ethyl adjacent to an activating group) is 1. The van der Waals surface area contributed by atoms with Gasteiger partial charge in [-0.15, -0.1) is 0 Å². The van der Waals surface area contributed by atoms with Gasteiger partial charge in [-0.3, -0.25) is 28.9 Å². The molecule has 2 aromatic carbocycles. The molecule has 5 rings (SSSR count). The van der Waals surface area contributed by atoms with Crippen LogP contribution in [-0.2, 0) is 32.1 Å². The first-order chi connectivity index (χ1) is 18.7. The van der Waals surface area contributed by atoms with E-state index in [-0.39, 0.29) is 24.2 Å². The Hall–Kier alpha value is -3.67. The molecule has 212 valence electrons. The van der Waals surface area contributed by atoms with Gasteiger partial charge >= 0.3 is 0 Å². The molecule has 11 heteroatoms. The van der Waals surface area contributed by atoms with E-state index in [4.69, 9.17) is 10.5 Å². The molecule has 11 nitrogen and oxygen atoms in total. The molecule has 3 aliphatic carbocycles. The van der Waals surface area contributed by atoms with Gasteiger partial charge in [0.05, 0.1) is 24.6 Å². The fourth-order valence-corrected chi connectivity index (χ4v) is 7.18. The molecule has 2 unspecified atom stereocenters. The predicted octanol–water partition coefficient (Wildman–Crippen LogP) is 0.0904. The van der Waals surface area contributed by atoms with Crippen molar-refractivity contribution in [2.24, 2.45) is 29.4 Å². The van der Waals surface area contributed by atoms with Crippen LogP contribution in [0.4, 0.5) is 0 Å². The molecule has 2 aromatic rings.